The smallest absolute Gasteiger partial charge is 0.271 e. The summed E-state index contributed by atoms with van der Waals surface area (Å²) in [6.07, 6.45) is 3.23. The third-order valence-corrected chi connectivity index (χ3v) is 5.53. The fourth-order valence-electron chi connectivity index (χ4n) is 4.03. The van der Waals surface area contributed by atoms with Gasteiger partial charge in [0, 0.05) is 19.7 Å². The third kappa shape index (κ3) is 2.98. The van der Waals surface area contributed by atoms with E-state index >= 15 is 0 Å². The Balaban J connectivity index is 1.63. The van der Waals surface area contributed by atoms with Crippen molar-refractivity contribution in [1.82, 2.24) is 29.4 Å². The molecule has 9 heteroatoms. The van der Waals surface area contributed by atoms with Gasteiger partial charge in [0.15, 0.2) is 11.6 Å². The lowest BCUT2D eigenvalue weighted by Gasteiger charge is -2.22. The molecule has 9 nitrogen and oxygen atoms in total. The third-order valence-electron chi connectivity index (χ3n) is 5.53. The second-order valence-corrected chi connectivity index (χ2v) is 7.58. The molecule has 5 rings (SSSR count). The van der Waals surface area contributed by atoms with Crippen molar-refractivity contribution in [2.45, 2.75) is 32.2 Å². The minimum Gasteiger partial charge on any atom is -0.369 e. The number of benzene rings is 1. The van der Waals surface area contributed by atoms with Crippen LogP contribution in [0.15, 0.2) is 24.3 Å². The lowest BCUT2D eigenvalue weighted by Crippen LogP contribution is -2.37. The number of hydrogen-bond acceptors (Lipinski definition) is 5. The predicted octanol–water partition coefficient (Wildman–Crippen LogP) is 0.733. The number of carbonyl (C=O) groups excluding carboxylic acids is 2. The molecule has 2 aromatic heterocycles. The van der Waals surface area contributed by atoms with Gasteiger partial charge in [0.25, 0.3) is 5.91 Å². The molecule has 1 aliphatic heterocycles. The summed E-state index contributed by atoms with van der Waals surface area (Å²) in [5.74, 6) is 0.263. The van der Waals surface area contributed by atoms with Crippen LogP contribution in [0.25, 0.3) is 17.2 Å². The van der Waals surface area contributed by atoms with E-state index in [2.05, 4.69) is 27.3 Å². The molecule has 3 aromatic rings. The summed E-state index contributed by atoms with van der Waals surface area (Å²) in [4.78, 5) is 30.1. The number of aryl methyl sites for hydroxylation is 2. The largest absolute Gasteiger partial charge is 0.369 e. The van der Waals surface area contributed by atoms with Crippen LogP contribution in [-0.2, 0) is 30.6 Å². The number of nitrogens with two attached hydrogens (primary N) is 1. The Morgan fingerprint density at radius 3 is 2.79 bits per heavy atom. The zero-order valence-corrected chi connectivity index (χ0v) is 16.1. The molecule has 148 valence electrons. The maximum absolute atomic E-state index is 12.5. The number of aromatic nitrogens is 5. The van der Waals surface area contributed by atoms with Gasteiger partial charge in [0.05, 0.1) is 18.7 Å². The first-order valence-corrected chi connectivity index (χ1v) is 9.70. The van der Waals surface area contributed by atoms with Crippen LogP contribution in [0.3, 0.4) is 0 Å². The number of likely N-dealkylation sites (N-methyl/N-ethyl adjacent to an activating group) is 1. The van der Waals surface area contributed by atoms with Crippen molar-refractivity contribution in [3.8, 4) is 17.2 Å². The summed E-state index contributed by atoms with van der Waals surface area (Å²) in [5, 5.41) is 9.11. The van der Waals surface area contributed by atoms with Crippen LogP contribution in [0.5, 0.6) is 0 Å². The monoisotopic (exact) mass is 391 g/mol. The first-order valence-electron chi connectivity index (χ1n) is 9.70. The molecule has 0 bridgehead atoms. The Labute approximate surface area is 167 Å². The van der Waals surface area contributed by atoms with E-state index in [1.54, 1.807) is 27.4 Å². The Bertz CT molecular complexity index is 1140. The molecule has 3 heterocycles. The van der Waals surface area contributed by atoms with E-state index in [1.807, 2.05) is 6.07 Å². The van der Waals surface area contributed by atoms with Gasteiger partial charge in [-0.2, -0.15) is 10.2 Å². The van der Waals surface area contributed by atoms with Crippen molar-refractivity contribution < 1.29 is 9.59 Å². The topological polar surface area (TPSA) is 112 Å². The molecule has 0 fully saturated rings. The second-order valence-electron chi connectivity index (χ2n) is 7.58. The summed E-state index contributed by atoms with van der Waals surface area (Å²) >= 11 is 0. The normalized spacial score (nSPS) is 15.5. The molecule has 0 unspecified atom stereocenters. The molecule has 2 aliphatic rings. The number of rotatable bonds is 4. The first kappa shape index (κ1) is 17.6. The summed E-state index contributed by atoms with van der Waals surface area (Å²) < 4.78 is 3.40. The average molecular weight is 391 g/mol. The number of hydrogen-bond donors (Lipinski definition) is 1. The van der Waals surface area contributed by atoms with Gasteiger partial charge in [0.1, 0.15) is 11.4 Å². The maximum atomic E-state index is 12.5. The van der Waals surface area contributed by atoms with Crippen molar-refractivity contribution >= 4 is 11.8 Å². The van der Waals surface area contributed by atoms with E-state index < -0.39 is 5.91 Å². The Morgan fingerprint density at radius 2 is 1.97 bits per heavy atom. The van der Waals surface area contributed by atoms with E-state index in [4.69, 9.17) is 5.73 Å². The van der Waals surface area contributed by atoms with Gasteiger partial charge in [0.2, 0.25) is 5.91 Å². The molecule has 2 amide bonds. The number of carbonyl (C=O) groups is 2. The molecular formula is C20H21N7O2. The van der Waals surface area contributed by atoms with Crippen LogP contribution in [-0.4, -0.2) is 54.9 Å². The maximum Gasteiger partial charge on any atom is 0.271 e. The summed E-state index contributed by atoms with van der Waals surface area (Å²) in [5.41, 5.74) is 9.95. The standard InChI is InChI=1S/C20H21N7O2/c1-25-7-8-26-16(20(25)29)10-15(23-26)19-22-18(11-17(21)28)24-27(19)14-6-5-12-3-2-4-13(12)9-14/h5-6,9-10H,2-4,7-8,11H2,1H3,(H2,21,28). The van der Waals surface area contributed by atoms with E-state index in [-0.39, 0.29) is 12.3 Å². The van der Waals surface area contributed by atoms with Crippen LogP contribution in [0.4, 0.5) is 0 Å². The molecule has 1 aliphatic carbocycles. The SMILES string of the molecule is CN1CCn2nc(-c3nc(CC(N)=O)nn3-c3ccc4c(c3)CCC4)cc2C1=O. The van der Waals surface area contributed by atoms with Crippen molar-refractivity contribution in [3.05, 3.63) is 46.9 Å². The fraction of sp³-hybridized carbons (Fsp3) is 0.350. The molecule has 0 atom stereocenters. The quantitative estimate of drug-likeness (QED) is 0.705. The van der Waals surface area contributed by atoms with Crippen LogP contribution in [0.2, 0.25) is 0 Å². The highest BCUT2D eigenvalue weighted by Gasteiger charge is 2.26. The van der Waals surface area contributed by atoms with Crippen LogP contribution in [0.1, 0.15) is 33.9 Å². The van der Waals surface area contributed by atoms with E-state index in [1.165, 1.54) is 11.1 Å². The van der Waals surface area contributed by atoms with Crippen molar-refractivity contribution in [1.29, 1.82) is 0 Å². The molecule has 1 aromatic carbocycles. The summed E-state index contributed by atoms with van der Waals surface area (Å²) in [6.45, 7) is 1.23. The summed E-state index contributed by atoms with van der Waals surface area (Å²) in [7, 11) is 1.77. The number of fused-ring (bicyclic) bond motifs is 2. The highest BCUT2D eigenvalue weighted by atomic mass is 16.2. The first-order chi connectivity index (χ1) is 14.0. The predicted molar refractivity (Wildman–Crippen MR) is 104 cm³/mol. The number of amides is 2. The van der Waals surface area contributed by atoms with Gasteiger partial charge >= 0.3 is 0 Å². The van der Waals surface area contributed by atoms with Crippen molar-refractivity contribution in [2.24, 2.45) is 5.73 Å². The van der Waals surface area contributed by atoms with Gasteiger partial charge in [-0.05, 0) is 42.5 Å². The van der Waals surface area contributed by atoms with Gasteiger partial charge in [-0.15, -0.1) is 0 Å². The minimum absolute atomic E-state index is 0.0554. The van der Waals surface area contributed by atoms with Gasteiger partial charge < -0.3 is 10.6 Å². The second kappa shape index (κ2) is 6.54. The lowest BCUT2D eigenvalue weighted by molar-refractivity contribution is -0.117. The van der Waals surface area contributed by atoms with Crippen molar-refractivity contribution in [2.75, 3.05) is 13.6 Å². The van der Waals surface area contributed by atoms with E-state index in [9.17, 15) is 9.59 Å². The van der Waals surface area contributed by atoms with Crippen LogP contribution < -0.4 is 5.73 Å². The van der Waals surface area contributed by atoms with Gasteiger partial charge in [-0.25, -0.2) is 9.67 Å². The molecule has 0 saturated carbocycles. The zero-order chi connectivity index (χ0) is 20.1. The van der Waals surface area contributed by atoms with Gasteiger partial charge in [-0.1, -0.05) is 6.07 Å². The van der Waals surface area contributed by atoms with E-state index in [0.717, 1.165) is 24.9 Å². The molecule has 2 N–H and O–H groups in total. The molecule has 0 saturated heterocycles. The van der Waals surface area contributed by atoms with Crippen LogP contribution >= 0.6 is 0 Å². The number of primary amides is 1. The zero-order valence-electron chi connectivity index (χ0n) is 16.1. The minimum atomic E-state index is -0.497. The Morgan fingerprint density at radius 1 is 1.14 bits per heavy atom. The lowest BCUT2D eigenvalue weighted by atomic mass is 10.1. The molecule has 29 heavy (non-hydrogen) atoms. The van der Waals surface area contributed by atoms with E-state index in [0.29, 0.717) is 36.1 Å². The number of nitrogens with zero attached hydrogens (tertiary/aromatic N) is 6. The van der Waals surface area contributed by atoms with Crippen molar-refractivity contribution in [3.63, 3.8) is 0 Å². The van der Waals surface area contributed by atoms with Gasteiger partial charge in [-0.3, -0.25) is 14.3 Å². The molecular weight excluding hydrogens is 370 g/mol. The Hall–Kier alpha value is -3.49. The summed E-state index contributed by atoms with van der Waals surface area (Å²) in [6, 6.07) is 7.97. The fourth-order valence-corrected chi connectivity index (χ4v) is 4.03. The molecule has 0 radical (unpaired) electrons. The Kier molecular flexibility index (Phi) is 3.97. The van der Waals surface area contributed by atoms with Crippen LogP contribution in [0, 0.1) is 0 Å². The average Bonchev–Trinajstić information content (AvgIpc) is 3.41. The molecule has 0 spiro atoms. The highest BCUT2D eigenvalue weighted by Crippen LogP contribution is 2.27. The highest BCUT2D eigenvalue weighted by molar-refractivity contribution is 5.94.